The number of methoxy groups -OCH3 is 2. The fourth-order valence-corrected chi connectivity index (χ4v) is 2.77. The highest BCUT2D eigenvalue weighted by molar-refractivity contribution is 6.07. The van der Waals surface area contributed by atoms with Crippen molar-refractivity contribution in [3.8, 4) is 22.6 Å². The van der Waals surface area contributed by atoms with E-state index >= 15 is 0 Å². The molecule has 0 amide bonds. The SMILES string of the molecule is COc1ccc(-c2ccccc2/C=C/C(=O)c2ccccc2)c(OC)c1. The maximum atomic E-state index is 12.3. The Bertz CT molecular complexity index is 927. The predicted octanol–water partition coefficient (Wildman–Crippen LogP) is 5.27. The number of hydrogen-bond acceptors (Lipinski definition) is 3. The molecule has 0 atom stereocenters. The first-order chi connectivity index (χ1) is 12.7. The van der Waals surface area contributed by atoms with Crippen LogP contribution in [0.3, 0.4) is 0 Å². The number of rotatable bonds is 6. The molecule has 0 aromatic heterocycles. The van der Waals surface area contributed by atoms with Crippen LogP contribution in [-0.4, -0.2) is 20.0 Å². The fourth-order valence-electron chi connectivity index (χ4n) is 2.77. The summed E-state index contributed by atoms with van der Waals surface area (Å²) in [6.07, 6.45) is 3.44. The van der Waals surface area contributed by atoms with Crippen molar-refractivity contribution in [1.82, 2.24) is 0 Å². The normalized spacial score (nSPS) is 10.7. The van der Waals surface area contributed by atoms with Gasteiger partial charge in [0.2, 0.25) is 0 Å². The number of ether oxygens (including phenoxy) is 2. The lowest BCUT2D eigenvalue weighted by atomic mass is 9.97. The molecule has 0 radical (unpaired) electrons. The molecule has 0 saturated carbocycles. The van der Waals surface area contributed by atoms with Crippen molar-refractivity contribution < 1.29 is 14.3 Å². The predicted molar refractivity (Wildman–Crippen MR) is 105 cm³/mol. The number of carbonyl (C=O) groups is 1. The van der Waals surface area contributed by atoms with Crippen LogP contribution in [-0.2, 0) is 0 Å². The van der Waals surface area contributed by atoms with Gasteiger partial charge in [0.1, 0.15) is 11.5 Å². The van der Waals surface area contributed by atoms with E-state index in [0.29, 0.717) is 5.56 Å². The fraction of sp³-hybridized carbons (Fsp3) is 0.0870. The summed E-state index contributed by atoms with van der Waals surface area (Å²) in [5.74, 6) is 1.43. The number of ketones is 1. The van der Waals surface area contributed by atoms with E-state index in [1.165, 1.54) is 0 Å². The Morgan fingerprint density at radius 2 is 1.54 bits per heavy atom. The van der Waals surface area contributed by atoms with Crippen LogP contribution in [0, 0.1) is 0 Å². The molecule has 3 nitrogen and oxygen atoms in total. The van der Waals surface area contributed by atoms with Crippen LogP contribution in [0.2, 0.25) is 0 Å². The molecule has 3 aromatic rings. The standard InChI is InChI=1S/C23H20O3/c1-25-19-13-14-21(23(16-19)26-2)20-11-7-6-8-17(20)12-15-22(24)18-9-4-3-5-10-18/h3-16H,1-2H3/b15-12+. The Morgan fingerprint density at radius 3 is 2.27 bits per heavy atom. The number of benzene rings is 3. The molecule has 0 spiro atoms. The first kappa shape index (κ1) is 17.5. The molecule has 3 aromatic carbocycles. The summed E-state index contributed by atoms with van der Waals surface area (Å²) in [6.45, 7) is 0. The van der Waals surface area contributed by atoms with Crippen molar-refractivity contribution in [2.24, 2.45) is 0 Å². The summed E-state index contributed by atoms with van der Waals surface area (Å²) < 4.78 is 10.8. The van der Waals surface area contributed by atoms with Gasteiger partial charge in [-0.15, -0.1) is 0 Å². The number of carbonyl (C=O) groups excluding carboxylic acids is 1. The van der Waals surface area contributed by atoms with Crippen molar-refractivity contribution in [1.29, 1.82) is 0 Å². The first-order valence-corrected chi connectivity index (χ1v) is 8.32. The molecule has 130 valence electrons. The van der Waals surface area contributed by atoms with Crippen LogP contribution in [0.4, 0.5) is 0 Å². The van der Waals surface area contributed by atoms with Crippen molar-refractivity contribution >= 4 is 11.9 Å². The minimum atomic E-state index is -0.0258. The van der Waals surface area contributed by atoms with Gasteiger partial charge in [0.05, 0.1) is 14.2 Å². The minimum Gasteiger partial charge on any atom is -0.497 e. The highest BCUT2D eigenvalue weighted by atomic mass is 16.5. The van der Waals surface area contributed by atoms with E-state index < -0.39 is 0 Å². The second-order valence-corrected chi connectivity index (χ2v) is 5.72. The van der Waals surface area contributed by atoms with Gasteiger partial charge in [-0.05, 0) is 29.3 Å². The largest absolute Gasteiger partial charge is 0.497 e. The van der Waals surface area contributed by atoms with Gasteiger partial charge in [0.25, 0.3) is 0 Å². The molecule has 0 aliphatic rings. The van der Waals surface area contributed by atoms with Crippen LogP contribution in [0.25, 0.3) is 17.2 Å². The van der Waals surface area contributed by atoms with Gasteiger partial charge in [-0.3, -0.25) is 4.79 Å². The third-order valence-corrected chi connectivity index (χ3v) is 4.13. The minimum absolute atomic E-state index is 0.0258. The zero-order chi connectivity index (χ0) is 18.4. The molecular formula is C23H20O3. The van der Waals surface area contributed by atoms with Gasteiger partial charge < -0.3 is 9.47 Å². The van der Waals surface area contributed by atoms with Crippen LogP contribution in [0.15, 0.2) is 78.9 Å². The summed E-state index contributed by atoms with van der Waals surface area (Å²) in [6, 6.07) is 22.9. The monoisotopic (exact) mass is 344 g/mol. The maximum absolute atomic E-state index is 12.3. The van der Waals surface area contributed by atoms with E-state index in [2.05, 4.69) is 0 Å². The van der Waals surface area contributed by atoms with Gasteiger partial charge >= 0.3 is 0 Å². The Balaban J connectivity index is 1.97. The van der Waals surface area contributed by atoms with Crippen molar-refractivity contribution in [2.75, 3.05) is 14.2 Å². The van der Waals surface area contributed by atoms with Crippen LogP contribution < -0.4 is 9.47 Å². The molecule has 26 heavy (non-hydrogen) atoms. The van der Waals surface area contributed by atoms with Crippen molar-refractivity contribution in [3.05, 3.63) is 90.0 Å². The number of allylic oxidation sites excluding steroid dienone is 1. The quantitative estimate of drug-likeness (QED) is 0.451. The molecule has 3 rings (SSSR count). The van der Waals surface area contributed by atoms with Crippen LogP contribution >= 0.6 is 0 Å². The van der Waals surface area contributed by atoms with E-state index in [0.717, 1.165) is 28.2 Å². The topological polar surface area (TPSA) is 35.5 Å². The maximum Gasteiger partial charge on any atom is 0.185 e. The zero-order valence-electron chi connectivity index (χ0n) is 14.8. The Hall–Kier alpha value is -3.33. The number of hydrogen-bond donors (Lipinski definition) is 0. The van der Waals surface area contributed by atoms with Gasteiger partial charge in [-0.25, -0.2) is 0 Å². The van der Waals surface area contributed by atoms with Gasteiger partial charge in [0.15, 0.2) is 5.78 Å². The van der Waals surface area contributed by atoms with Gasteiger partial charge in [-0.2, -0.15) is 0 Å². The molecule has 0 aliphatic carbocycles. The Labute approximate surface area is 153 Å². The van der Waals surface area contributed by atoms with Crippen molar-refractivity contribution in [3.63, 3.8) is 0 Å². The molecule has 3 heteroatoms. The Morgan fingerprint density at radius 1 is 0.808 bits per heavy atom. The average molecular weight is 344 g/mol. The molecule has 0 saturated heterocycles. The van der Waals surface area contributed by atoms with E-state index in [-0.39, 0.29) is 5.78 Å². The second-order valence-electron chi connectivity index (χ2n) is 5.72. The van der Waals surface area contributed by atoms with Gasteiger partial charge in [0, 0.05) is 17.2 Å². The van der Waals surface area contributed by atoms with Crippen molar-refractivity contribution in [2.45, 2.75) is 0 Å². The molecule has 0 N–H and O–H groups in total. The average Bonchev–Trinajstić information content (AvgIpc) is 2.72. The molecular weight excluding hydrogens is 324 g/mol. The zero-order valence-corrected chi connectivity index (χ0v) is 14.8. The van der Waals surface area contributed by atoms with E-state index in [4.69, 9.17) is 9.47 Å². The van der Waals surface area contributed by atoms with Crippen LogP contribution in [0.5, 0.6) is 11.5 Å². The second kappa shape index (κ2) is 8.17. The molecule has 0 heterocycles. The Kier molecular flexibility index (Phi) is 5.49. The van der Waals surface area contributed by atoms with E-state index in [1.54, 1.807) is 20.3 Å². The molecule has 0 fully saturated rings. The van der Waals surface area contributed by atoms with E-state index in [1.807, 2.05) is 78.9 Å². The van der Waals surface area contributed by atoms with E-state index in [9.17, 15) is 4.79 Å². The first-order valence-electron chi connectivity index (χ1n) is 8.32. The molecule has 0 aliphatic heterocycles. The molecule has 0 bridgehead atoms. The lowest BCUT2D eigenvalue weighted by Crippen LogP contribution is -1.94. The summed E-state index contributed by atoms with van der Waals surface area (Å²) in [4.78, 5) is 12.3. The molecule has 0 unspecified atom stereocenters. The summed E-state index contributed by atoms with van der Waals surface area (Å²) in [5, 5.41) is 0. The highest BCUT2D eigenvalue weighted by Crippen LogP contribution is 2.35. The smallest absolute Gasteiger partial charge is 0.185 e. The lowest BCUT2D eigenvalue weighted by Gasteiger charge is -2.12. The summed E-state index contributed by atoms with van der Waals surface area (Å²) in [7, 11) is 3.26. The van der Waals surface area contributed by atoms with Gasteiger partial charge in [-0.1, -0.05) is 60.7 Å². The third kappa shape index (κ3) is 3.83. The highest BCUT2D eigenvalue weighted by Gasteiger charge is 2.10. The van der Waals surface area contributed by atoms with Crippen LogP contribution in [0.1, 0.15) is 15.9 Å². The third-order valence-electron chi connectivity index (χ3n) is 4.13. The summed E-state index contributed by atoms with van der Waals surface area (Å²) >= 11 is 0. The lowest BCUT2D eigenvalue weighted by molar-refractivity contribution is 0.104. The summed E-state index contributed by atoms with van der Waals surface area (Å²) in [5.41, 5.74) is 3.55.